The molecule has 9 heteroatoms. The van der Waals surface area contributed by atoms with Crippen LogP contribution in [0.25, 0.3) is 16.9 Å². The Labute approximate surface area is 195 Å². The molecule has 5 heterocycles. The molecule has 34 heavy (non-hydrogen) atoms. The molecular formula is C25H25FN6O2. The lowest BCUT2D eigenvalue weighted by molar-refractivity contribution is 0.0572. The first-order chi connectivity index (χ1) is 16.6. The molecule has 1 unspecified atom stereocenters. The lowest BCUT2D eigenvalue weighted by Crippen LogP contribution is -2.24. The molecule has 174 valence electrons. The van der Waals surface area contributed by atoms with Crippen LogP contribution in [0.4, 0.5) is 16.0 Å². The summed E-state index contributed by atoms with van der Waals surface area (Å²) in [6.07, 6.45) is 3.90. The van der Waals surface area contributed by atoms with Gasteiger partial charge in [-0.2, -0.15) is 0 Å². The second-order valence-corrected chi connectivity index (χ2v) is 8.95. The predicted octanol–water partition coefficient (Wildman–Crippen LogP) is 2.81. The first-order valence-electron chi connectivity index (χ1n) is 11.5. The van der Waals surface area contributed by atoms with Crippen molar-refractivity contribution >= 4 is 17.3 Å². The quantitative estimate of drug-likeness (QED) is 0.484. The van der Waals surface area contributed by atoms with Crippen molar-refractivity contribution in [3.8, 4) is 11.3 Å². The van der Waals surface area contributed by atoms with E-state index >= 15 is 0 Å². The van der Waals surface area contributed by atoms with Crippen molar-refractivity contribution in [3.63, 3.8) is 0 Å². The molecule has 4 aromatic rings. The van der Waals surface area contributed by atoms with Crippen LogP contribution in [0.2, 0.25) is 0 Å². The van der Waals surface area contributed by atoms with Crippen molar-refractivity contribution in [1.82, 2.24) is 19.6 Å². The van der Waals surface area contributed by atoms with E-state index in [0.717, 1.165) is 47.7 Å². The molecule has 1 aromatic carbocycles. The number of halogens is 1. The van der Waals surface area contributed by atoms with Gasteiger partial charge in [0.25, 0.3) is 0 Å². The maximum Gasteiger partial charge on any atom is 0.154 e. The molecular weight excluding hydrogens is 435 g/mol. The average Bonchev–Trinajstić information content (AvgIpc) is 3.57. The molecule has 8 nitrogen and oxygen atoms in total. The van der Waals surface area contributed by atoms with Crippen molar-refractivity contribution in [2.45, 2.75) is 31.1 Å². The molecule has 0 radical (unpaired) electrons. The Bertz CT molecular complexity index is 1330. The molecule has 3 aromatic heterocycles. The van der Waals surface area contributed by atoms with E-state index in [1.54, 1.807) is 24.5 Å². The third kappa shape index (κ3) is 3.66. The van der Waals surface area contributed by atoms with Crippen molar-refractivity contribution < 1.29 is 14.6 Å². The van der Waals surface area contributed by atoms with Crippen LogP contribution < -0.4 is 9.80 Å². The smallest absolute Gasteiger partial charge is 0.154 e. The molecule has 2 aliphatic rings. The van der Waals surface area contributed by atoms with Crippen LogP contribution in [0.5, 0.6) is 0 Å². The molecule has 2 fully saturated rings. The van der Waals surface area contributed by atoms with Crippen LogP contribution in [0.3, 0.4) is 0 Å². The Morgan fingerprint density at radius 1 is 0.941 bits per heavy atom. The average molecular weight is 461 g/mol. The van der Waals surface area contributed by atoms with Gasteiger partial charge < -0.3 is 20.0 Å². The fraction of sp³-hybridized carbons (Fsp3) is 0.320. The molecule has 0 amide bonds. The maximum atomic E-state index is 13.9. The molecule has 6 rings (SSSR count). The van der Waals surface area contributed by atoms with Crippen molar-refractivity contribution in [3.05, 3.63) is 72.3 Å². The number of imidazole rings is 1. The van der Waals surface area contributed by atoms with E-state index in [0.29, 0.717) is 18.9 Å². The highest BCUT2D eigenvalue weighted by atomic mass is 19.1. The van der Waals surface area contributed by atoms with Gasteiger partial charge in [-0.3, -0.25) is 0 Å². The van der Waals surface area contributed by atoms with Gasteiger partial charge in [0.15, 0.2) is 5.65 Å². The zero-order valence-corrected chi connectivity index (χ0v) is 18.5. The van der Waals surface area contributed by atoms with E-state index in [1.165, 1.54) is 6.07 Å². The van der Waals surface area contributed by atoms with E-state index in [4.69, 9.17) is 5.10 Å². The molecule has 2 saturated heterocycles. The van der Waals surface area contributed by atoms with Gasteiger partial charge in [0.2, 0.25) is 0 Å². The highest BCUT2D eigenvalue weighted by Gasteiger charge is 2.31. The Morgan fingerprint density at radius 2 is 1.79 bits per heavy atom. The summed E-state index contributed by atoms with van der Waals surface area (Å²) in [7, 11) is 0. The number of hydrogen-bond acceptors (Lipinski definition) is 7. The first kappa shape index (κ1) is 21.0. The Balaban J connectivity index is 1.35. The normalized spacial score (nSPS) is 22.7. The molecule has 2 aliphatic heterocycles. The van der Waals surface area contributed by atoms with Crippen LogP contribution in [-0.4, -0.2) is 61.6 Å². The Kier molecular flexibility index (Phi) is 5.15. The van der Waals surface area contributed by atoms with Gasteiger partial charge in [-0.1, -0.05) is 12.1 Å². The first-order valence-corrected chi connectivity index (χ1v) is 11.5. The van der Waals surface area contributed by atoms with Crippen LogP contribution in [-0.2, 0) is 0 Å². The molecule has 0 aliphatic carbocycles. The van der Waals surface area contributed by atoms with Gasteiger partial charge in [0.05, 0.1) is 30.1 Å². The second-order valence-electron chi connectivity index (χ2n) is 8.95. The highest BCUT2D eigenvalue weighted by molar-refractivity contribution is 5.67. The highest BCUT2D eigenvalue weighted by Crippen LogP contribution is 2.36. The fourth-order valence-electron chi connectivity index (χ4n) is 5.02. The summed E-state index contributed by atoms with van der Waals surface area (Å²) in [5.41, 5.74) is 3.40. The van der Waals surface area contributed by atoms with Gasteiger partial charge in [-0.25, -0.2) is 18.9 Å². The number of rotatable bonds is 4. The summed E-state index contributed by atoms with van der Waals surface area (Å²) in [5, 5.41) is 24.7. The van der Waals surface area contributed by atoms with Crippen molar-refractivity contribution in [1.29, 1.82) is 0 Å². The van der Waals surface area contributed by atoms with E-state index in [-0.39, 0.29) is 11.9 Å². The van der Waals surface area contributed by atoms with Crippen LogP contribution in [0.15, 0.2) is 60.9 Å². The van der Waals surface area contributed by atoms with Crippen LogP contribution in [0.1, 0.15) is 24.4 Å². The maximum absolute atomic E-state index is 13.9. The standard InChI is InChI=1S/C25H25FN6O2/c26-18-4-1-3-16(11-18)19-5-2-10-31(19)24-7-6-23-28-13-20(32(23)29-24)17-8-9-27-25(12-17)30-14-21(33)22(34)15-30/h1,3-4,6-9,11-13,19,21-22,33-34H,2,5,10,14-15H2/t19?,21-,22-/m1/s1. The molecule has 2 N–H and O–H groups in total. The van der Waals surface area contributed by atoms with E-state index in [1.807, 2.05) is 39.7 Å². The topological polar surface area (TPSA) is 90.0 Å². The van der Waals surface area contributed by atoms with Crippen LogP contribution >= 0.6 is 0 Å². The van der Waals surface area contributed by atoms with Crippen molar-refractivity contribution in [2.24, 2.45) is 0 Å². The second kappa shape index (κ2) is 8.34. The zero-order chi connectivity index (χ0) is 23.2. The lowest BCUT2D eigenvalue weighted by atomic mass is 10.0. The minimum Gasteiger partial charge on any atom is -0.389 e. The number of aromatic nitrogens is 4. The minimum absolute atomic E-state index is 0.0770. The number of hydrogen-bond donors (Lipinski definition) is 2. The largest absolute Gasteiger partial charge is 0.389 e. The summed E-state index contributed by atoms with van der Waals surface area (Å²) in [6.45, 7) is 1.52. The summed E-state index contributed by atoms with van der Waals surface area (Å²) < 4.78 is 15.7. The van der Waals surface area contributed by atoms with Gasteiger partial charge in [0.1, 0.15) is 17.5 Å². The number of fused-ring (bicyclic) bond motifs is 1. The van der Waals surface area contributed by atoms with Gasteiger partial charge in [-0.15, -0.1) is 5.10 Å². The van der Waals surface area contributed by atoms with Gasteiger partial charge >= 0.3 is 0 Å². The summed E-state index contributed by atoms with van der Waals surface area (Å²) in [6, 6.07) is 14.6. The number of aliphatic hydroxyl groups excluding tert-OH is 2. The number of β-amino-alcohol motifs (C(OH)–C–C–N with tert-alkyl or cyclic N) is 2. The molecule has 0 spiro atoms. The number of anilines is 2. The predicted molar refractivity (Wildman–Crippen MR) is 126 cm³/mol. The molecule has 3 atom stereocenters. The zero-order valence-electron chi connectivity index (χ0n) is 18.5. The lowest BCUT2D eigenvalue weighted by Gasteiger charge is -2.26. The fourth-order valence-corrected chi connectivity index (χ4v) is 5.02. The van der Waals surface area contributed by atoms with E-state index < -0.39 is 12.2 Å². The van der Waals surface area contributed by atoms with Gasteiger partial charge in [0, 0.05) is 31.4 Å². The number of nitrogens with zero attached hydrogens (tertiary/aromatic N) is 6. The summed E-state index contributed by atoms with van der Waals surface area (Å²) in [5.74, 6) is 1.28. The third-order valence-corrected chi connectivity index (χ3v) is 6.75. The summed E-state index contributed by atoms with van der Waals surface area (Å²) >= 11 is 0. The van der Waals surface area contributed by atoms with Gasteiger partial charge in [-0.05, 0) is 54.8 Å². The minimum atomic E-state index is -0.781. The Hall–Kier alpha value is -3.56. The summed E-state index contributed by atoms with van der Waals surface area (Å²) in [4.78, 5) is 13.0. The monoisotopic (exact) mass is 460 g/mol. The number of pyridine rings is 1. The third-order valence-electron chi connectivity index (χ3n) is 6.75. The number of benzene rings is 1. The molecule has 0 bridgehead atoms. The van der Waals surface area contributed by atoms with E-state index in [2.05, 4.69) is 14.9 Å². The van der Waals surface area contributed by atoms with Crippen molar-refractivity contribution in [2.75, 3.05) is 29.4 Å². The Morgan fingerprint density at radius 3 is 2.62 bits per heavy atom. The molecule has 0 saturated carbocycles. The number of aliphatic hydroxyl groups is 2. The van der Waals surface area contributed by atoms with E-state index in [9.17, 15) is 14.6 Å². The van der Waals surface area contributed by atoms with Crippen LogP contribution in [0, 0.1) is 5.82 Å². The SMILES string of the molecule is O[C@@H]1CN(c2cc(-c3cnc4ccc(N5CCCC5c5cccc(F)c5)nn34)ccn2)C[C@H]1O.